The molecular formula is C12H15NO. The van der Waals surface area contributed by atoms with Crippen molar-refractivity contribution in [1.82, 2.24) is 4.90 Å². The number of amides is 1. The molecule has 1 atom stereocenters. The van der Waals surface area contributed by atoms with E-state index in [0.29, 0.717) is 5.92 Å². The lowest BCUT2D eigenvalue weighted by molar-refractivity contribution is -0.117. The van der Waals surface area contributed by atoms with Crippen molar-refractivity contribution in [1.29, 1.82) is 0 Å². The van der Waals surface area contributed by atoms with E-state index in [9.17, 15) is 4.79 Å². The molecule has 1 aromatic carbocycles. The second-order valence-corrected chi connectivity index (χ2v) is 3.94. The minimum Gasteiger partial charge on any atom is -0.345 e. The van der Waals surface area contributed by atoms with Crippen LogP contribution in [0.3, 0.4) is 0 Å². The highest BCUT2D eigenvalue weighted by Gasteiger charge is 2.20. The van der Waals surface area contributed by atoms with E-state index in [1.165, 1.54) is 5.56 Å². The second-order valence-electron chi connectivity index (χ2n) is 3.94. The molecule has 1 aliphatic rings. The summed E-state index contributed by atoms with van der Waals surface area (Å²) in [4.78, 5) is 12.4. The molecule has 1 amide bonds. The molecule has 14 heavy (non-hydrogen) atoms. The molecule has 0 bridgehead atoms. The summed E-state index contributed by atoms with van der Waals surface area (Å²) < 4.78 is 0. The fourth-order valence-corrected chi connectivity index (χ4v) is 2.07. The van der Waals surface area contributed by atoms with Crippen LogP contribution in [0.25, 0.3) is 0 Å². The van der Waals surface area contributed by atoms with Crippen LogP contribution in [0, 0.1) is 5.92 Å². The number of rotatable bonds is 3. The third-order valence-corrected chi connectivity index (χ3v) is 2.83. The van der Waals surface area contributed by atoms with E-state index in [1.54, 1.807) is 0 Å². The predicted molar refractivity (Wildman–Crippen MR) is 55.9 cm³/mol. The van der Waals surface area contributed by atoms with Gasteiger partial charge >= 0.3 is 0 Å². The average molecular weight is 189 g/mol. The van der Waals surface area contributed by atoms with Gasteiger partial charge in [0.25, 0.3) is 0 Å². The van der Waals surface area contributed by atoms with Gasteiger partial charge in [0, 0.05) is 13.1 Å². The van der Waals surface area contributed by atoms with E-state index >= 15 is 0 Å². The van der Waals surface area contributed by atoms with Crippen molar-refractivity contribution in [3.05, 3.63) is 35.9 Å². The first-order valence-electron chi connectivity index (χ1n) is 5.12. The molecular weight excluding hydrogens is 174 g/mol. The van der Waals surface area contributed by atoms with Crippen LogP contribution in [-0.4, -0.2) is 24.4 Å². The fraction of sp³-hybridized carbons (Fsp3) is 0.417. The van der Waals surface area contributed by atoms with Crippen molar-refractivity contribution >= 4 is 6.41 Å². The van der Waals surface area contributed by atoms with Crippen LogP contribution < -0.4 is 0 Å². The summed E-state index contributed by atoms with van der Waals surface area (Å²) in [5.41, 5.74) is 1.38. The van der Waals surface area contributed by atoms with Gasteiger partial charge in [-0.15, -0.1) is 0 Å². The number of hydrogen-bond donors (Lipinski definition) is 0. The van der Waals surface area contributed by atoms with Crippen LogP contribution in [0.15, 0.2) is 30.3 Å². The Morgan fingerprint density at radius 3 is 2.79 bits per heavy atom. The zero-order valence-corrected chi connectivity index (χ0v) is 8.23. The van der Waals surface area contributed by atoms with Crippen molar-refractivity contribution < 1.29 is 4.79 Å². The summed E-state index contributed by atoms with van der Waals surface area (Å²) >= 11 is 0. The Balaban J connectivity index is 1.90. The first-order valence-corrected chi connectivity index (χ1v) is 5.12. The predicted octanol–water partition coefficient (Wildman–Crippen LogP) is 1.71. The first kappa shape index (κ1) is 9.25. The Labute approximate surface area is 84.5 Å². The summed E-state index contributed by atoms with van der Waals surface area (Å²) in [7, 11) is 0. The Morgan fingerprint density at radius 1 is 1.36 bits per heavy atom. The van der Waals surface area contributed by atoms with E-state index in [-0.39, 0.29) is 0 Å². The standard InChI is InChI=1S/C12H15NO/c14-10-13-7-6-12(9-13)8-11-4-2-1-3-5-11/h1-5,10,12H,6-9H2. The summed E-state index contributed by atoms with van der Waals surface area (Å²) in [5.74, 6) is 0.655. The highest BCUT2D eigenvalue weighted by molar-refractivity contribution is 5.47. The monoisotopic (exact) mass is 189 g/mol. The van der Waals surface area contributed by atoms with Crippen molar-refractivity contribution in [3.63, 3.8) is 0 Å². The molecule has 0 aromatic heterocycles. The SMILES string of the molecule is O=CN1CCC(Cc2ccccc2)C1. The maximum Gasteiger partial charge on any atom is 0.209 e. The fourth-order valence-electron chi connectivity index (χ4n) is 2.07. The van der Waals surface area contributed by atoms with Crippen LogP contribution in [0.1, 0.15) is 12.0 Å². The minimum atomic E-state index is 0.655. The van der Waals surface area contributed by atoms with E-state index < -0.39 is 0 Å². The minimum absolute atomic E-state index is 0.655. The largest absolute Gasteiger partial charge is 0.345 e. The number of hydrogen-bond acceptors (Lipinski definition) is 1. The Kier molecular flexibility index (Phi) is 2.82. The van der Waals surface area contributed by atoms with Gasteiger partial charge in [-0.3, -0.25) is 4.79 Å². The van der Waals surface area contributed by atoms with Crippen molar-refractivity contribution in [3.8, 4) is 0 Å². The van der Waals surface area contributed by atoms with E-state index in [4.69, 9.17) is 0 Å². The molecule has 1 fully saturated rings. The van der Waals surface area contributed by atoms with Crippen molar-refractivity contribution in [2.75, 3.05) is 13.1 Å². The molecule has 0 N–H and O–H groups in total. The van der Waals surface area contributed by atoms with Gasteiger partial charge < -0.3 is 4.90 Å². The van der Waals surface area contributed by atoms with Crippen LogP contribution in [0.5, 0.6) is 0 Å². The third-order valence-electron chi connectivity index (χ3n) is 2.83. The topological polar surface area (TPSA) is 20.3 Å². The summed E-state index contributed by atoms with van der Waals surface area (Å²) in [6.07, 6.45) is 3.21. The molecule has 1 aliphatic heterocycles. The van der Waals surface area contributed by atoms with E-state index in [1.807, 2.05) is 11.0 Å². The van der Waals surface area contributed by atoms with Crippen LogP contribution in [0.2, 0.25) is 0 Å². The number of benzene rings is 1. The Hall–Kier alpha value is -1.31. The molecule has 2 rings (SSSR count). The zero-order valence-electron chi connectivity index (χ0n) is 8.23. The molecule has 1 unspecified atom stereocenters. The lowest BCUT2D eigenvalue weighted by Gasteiger charge is -2.10. The van der Waals surface area contributed by atoms with Gasteiger partial charge in [0.2, 0.25) is 6.41 Å². The Bertz CT molecular complexity index is 296. The van der Waals surface area contributed by atoms with Gasteiger partial charge in [-0.05, 0) is 24.3 Å². The highest BCUT2D eigenvalue weighted by atomic mass is 16.1. The Morgan fingerprint density at radius 2 is 2.14 bits per heavy atom. The van der Waals surface area contributed by atoms with E-state index in [2.05, 4.69) is 24.3 Å². The highest BCUT2D eigenvalue weighted by Crippen LogP contribution is 2.19. The molecule has 0 spiro atoms. The lowest BCUT2D eigenvalue weighted by atomic mass is 9.99. The molecule has 1 heterocycles. The maximum absolute atomic E-state index is 10.5. The van der Waals surface area contributed by atoms with Gasteiger partial charge in [-0.2, -0.15) is 0 Å². The molecule has 0 aliphatic carbocycles. The van der Waals surface area contributed by atoms with Crippen LogP contribution >= 0.6 is 0 Å². The van der Waals surface area contributed by atoms with Gasteiger partial charge in [0.05, 0.1) is 0 Å². The molecule has 0 saturated carbocycles. The smallest absolute Gasteiger partial charge is 0.209 e. The molecule has 2 nitrogen and oxygen atoms in total. The third kappa shape index (κ3) is 2.13. The maximum atomic E-state index is 10.5. The van der Waals surface area contributed by atoms with Crippen molar-refractivity contribution in [2.45, 2.75) is 12.8 Å². The molecule has 74 valence electrons. The van der Waals surface area contributed by atoms with Gasteiger partial charge in [0.15, 0.2) is 0 Å². The summed E-state index contributed by atoms with van der Waals surface area (Å²) in [6, 6.07) is 10.5. The zero-order chi connectivity index (χ0) is 9.80. The lowest BCUT2D eigenvalue weighted by Crippen LogP contribution is -2.18. The van der Waals surface area contributed by atoms with Crippen LogP contribution in [-0.2, 0) is 11.2 Å². The number of likely N-dealkylation sites (tertiary alicyclic amines) is 1. The first-order chi connectivity index (χ1) is 6.88. The molecule has 1 aromatic rings. The molecule has 0 radical (unpaired) electrons. The van der Waals surface area contributed by atoms with Gasteiger partial charge in [-0.25, -0.2) is 0 Å². The van der Waals surface area contributed by atoms with Gasteiger partial charge in [-0.1, -0.05) is 30.3 Å². The van der Waals surface area contributed by atoms with Crippen molar-refractivity contribution in [2.24, 2.45) is 5.92 Å². The summed E-state index contributed by atoms with van der Waals surface area (Å²) in [6.45, 7) is 1.86. The second kappa shape index (κ2) is 4.27. The summed E-state index contributed by atoms with van der Waals surface area (Å²) in [5, 5.41) is 0. The average Bonchev–Trinajstić information content (AvgIpc) is 2.67. The molecule has 1 saturated heterocycles. The molecule has 2 heteroatoms. The van der Waals surface area contributed by atoms with Crippen LogP contribution in [0.4, 0.5) is 0 Å². The number of carbonyl (C=O) groups is 1. The number of nitrogens with zero attached hydrogens (tertiary/aromatic N) is 1. The quantitative estimate of drug-likeness (QED) is 0.663. The normalized spacial score (nSPS) is 21.1. The van der Waals surface area contributed by atoms with Gasteiger partial charge in [0.1, 0.15) is 0 Å². The van der Waals surface area contributed by atoms with E-state index in [0.717, 1.165) is 32.3 Å². The number of carbonyl (C=O) groups excluding carboxylic acids is 1.